The Bertz CT molecular complexity index is 305. The summed E-state index contributed by atoms with van der Waals surface area (Å²) in [5.41, 5.74) is 0.829. The zero-order valence-electron chi connectivity index (χ0n) is 9.00. The van der Waals surface area contributed by atoms with Crippen LogP contribution in [0.1, 0.15) is 25.8 Å². The lowest BCUT2D eigenvalue weighted by Crippen LogP contribution is -2.13. The van der Waals surface area contributed by atoms with E-state index in [4.69, 9.17) is 0 Å². The number of rotatable bonds is 4. The number of halogens is 2. The SMILES string of the molecule is CC(C)CC(O)Cc1cc(F)cc(Br)c1. The van der Waals surface area contributed by atoms with Crippen molar-refractivity contribution < 1.29 is 9.50 Å². The molecule has 0 aliphatic heterocycles. The van der Waals surface area contributed by atoms with Crippen LogP contribution in [0, 0.1) is 11.7 Å². The largest absolute Gasteiger partial charge is 0.393 e. The van der Waals surface area contributed by atoms with Crippen molar-refractivity contribution in [2.75, 3.05) is 0 Å². The van der Waals surface area contributed by atoms with Crippen LogP contribution in [-0.4, -0.2) is 11.2 Å². The fraction of sp³-hybridized carbons (Fsp3) is 0.500. The third-order valence-electron chi connectivity index (χ3n) is 2.14. The fourth-order valence-corrected chi connectivity index (χ4v) is 2.14. The van der Waals surface area contributed by atoms with Crippen LogP contribution in [0.15, 0.2) is 22.7 Å². The fourth-order valence-electron chi connectivity index (χ4n) is 1.63. The number of aliphatic hydroxyl groups excluding tert-OH is 1. The van der Waals surface area contributed by atoms with Gasteiger partial charge in [0.2, 0.25) is 0 Å². The monoisotopic (exact) mass is 274 g/mol. The van der Waals surface area contributed by atoms with Crippen LogP contribution in [0.25, 0.3) is 0 Å². The molecule has 0 radical (unpaired) electrons. The summed E-state index contributed by atoms with van der Waals surface area (Å²) < 4.78 is 13.7. The van der Waals surface area contributed by atoms with Crippen LogP contribution < -0.4 is 0 Å². The average molecular weight is 275 g/mol. The molecule has 0 spiro atoms. The molecule has 0 fully saturated rings. The molecule has 0 amide bonds. The molecule has 3 heteroatoms. The summed E-state index contributed by atoms with van der Waals surface area (Å²) in [6.07, 6.45) is 0.863. The summed E-state index contributed by atoms with van der Waals surface area (Å²) in [6.45, 7) is 4.12. The number of benzene rings is 1. The average Bonchev–Trinajstić information content (AvgIpc) is 1.98. The van der Waals surface area contributed by atoms with E-state index in [-0.39, 0.29) is 5.82 Å². The molecule has 1 unspecified atom stereocenters. The Morgan fingerprint density at radius 1 is 1.33 bits per heavy atom. The Labute approximate surface area is 98.4 Å². The predicted octanol–water partition coefficient (Wildman–Crippen LogP) is 3.54. The highest BCUT2D eigenvalue weighted by atomic mass is 79.9. The first kappa shape index (κ1) is 12.7. The lowest BCUT2D eigenvalue weighted by atomic mass is 10.00. The normalized spacial score (nSPS) is 13.2. The van der Waals surface area contributed by atoms with Crippen molar-refractivity contribution in [1.29, 1.82) is 0 Å². The van der Waals surface area contributed by atoms with Crippen LogP contribution in [0.2, 0.25) is 0 Å². The topological polar surface area (TPSA) is 20.2 Å². The highest BCUT2D eigenvalue weighted by molar-refractivity contribution is 9.10. The van der Waals surface area contributed by atoms with Gasteiger partial charge in [0.25, 0.3) is 0 Å². The van der Waals surface area contributed by atoms with Crippen LogP contribution in [-0.2, 0) is 6.42 Å². The molecule has 0 aliphatic carbocycles. The first-order chi connectivity index (χ1) is 6.97. The summed E-state index contributed by atoms with van der Waals surface area (Å²) in [5, 5.41) is 9.72. The maximum Gasteiger partial charge on any atom is 0.124 e. The first-order valence-electron chi connectivity index (χ1n) is 5.10. The van der Waals surface area contributed by atoms with Gasteiger partial charge in [0.1, 0.15) is 5.82 Å². The minimum absolute atomic E-state index is 0.267. The molecule has 1 N–H and O–H groups in total. The Morgan fingerprint density at radius 3 is 2.53 bits per heavy atom. The quantitative estimate of drug-likeness (QED) is 0.891. The summed E-state index contributed by atoms with van der Waals surface area (Å²) >= 11 is 3.23. The van der Waals surface area contributed by atoms with E-state index in [0.717, 1.165) is 12.0 Å². The predicted molar refractivity (Wildman–Crippen MR) is 63.3 cm³/mol. The van der Waals surface area contributed by atoms with E-state index < -0.39 is 6.10 Å². The van der Waals surface area contributed by atoms with Gasteiger partial charge in [0.15, 0.2) is 0 Å². The van der Waals surface area contributed by atoms with Crippen LogP contribution in [0.3, 0.4) is 0 Å². The van der Waals surface area contributed by atoms with Gasteiger partial charge in [-0.15, -0.1) is 0 Å². The summed E-state index contributed by atoms with van der Waals surface area (Å²) in [4.78, 5) is 0. The smallest absolute Gasteiger partial charge is 0.124 e. The van der Waals surface area contributed by atoms with Crippen molar-refractivity contribution in [2.45, 2.75) is 32.8 Å². The third-order valence-corrected chi connectivity index (χ3v) is 2.59. The van der Waals surface area contributed by atoms with Gasteiger partial charge in [0.05, 0.1) is 6.10 Å². The Hall–Kier alpha value is -0.410. The van der Waals surface area contributed by atoms with Gasteiger partial charge < -0.3 is 5.11 Å². The van der Waals surface area contributed by atoms with Crippen molar-refractivity contribution in [3.63, 3.8) is 0 Å². The molecule has 1 atom stereocenters. The molecule has 0 bridgehead atoms. The number of hydrogen-bond donors (Lipinski definition) is 1. The molecule has 0 aromatic heterocycles. The molecule has 0 saturated heterocycles. The minimum atomic E-state index is -0.390. The van der Waals surface area contributed by atoms with Gasteiger partial charge in [-0.2, -0.15) is 0 Å². The standard InChI is InChI=1S/C12H16BrFO/c1-8(2)3-12(15)6-9-4-10(13)7-11(14)5-9/h4-5,7-8,12,15H,3,6H2,1-2H3. The molecule has 0 aliphatic rings. The molecule has 0 saturated carbocycles. The highest BCUT2D eigenvalue weighted by Crippen LogP contribution is 2.17. The van der Waals surface area contributed by atoms with Crippen molar-refractivity contribution in [1.82, 2.24) is 0 Å². The molecular weight excluding hydrogens is 259 g/mol. The molecular formula is C12H16BrFO. The first-order valence-corrected chi connectivity index (χ1v) is 5.89. The second-order valence-electron chi connectivity index (χ2n) is 4.27. The molecule has 15 heavy (non-hydrogen) atoms. The maximum atomic E-state index is 13.0. The lowest BCUT2D eigenvalue weighted by molar-refractivity contribution is 0.149. The molecule has 1 nitrogen and oxygen atoms in total. The molecule has 1 rings (SSSR count). The number of hydrogen-bond acceptors (Lipinski definition) is 1. The lowest BCUT2D eigenvalue weighted by Gasteiger charge is -2.13. The van der Waals surface area contributed by atoms with Gasteiger partial charge in [0, 0.05) is 4.47 Å². The second kappa shape index (κ2) is 5.61. The molecule has 1 aromatic carbocycles. The third kappa shape index (κ3) is 4.76. The van der Waals surface area contributed by atoms with Gasteiger partial charge in [-0.1, -0.05) is 29.8 Å². The summed E-state index contributed by atoms with van der Waals surface area (Å²) in [7, 11) is 0. The Kier molecular flexibility index (Phi) is 4.74. The van der Waals surface area contributed by atoms with Gasteiger partial charge in [-0.05, 0) is 42.5 Å². The maximum absolute atomic E-state index is 13.0. The highest BCUT2D eigenvalue weighted by Gasteiger charge is 2.09. The van der Waals surface area contributed by atoms with Gasteiger partial charge in [-0.25, -0.2) is 4.39 Å². The van der Waals surface area contributed by atoms with Crippen molar-refractivity contribution in [3.8, 4) is 0 Å². The van der Waals surface area contributed by atoms with E-state index in [1.165, 1.54) is 12.1 Å². The van der Waals surface area contributed by atoms with E-state index in [1.807, 2.05) is 6.07 Å². The number of aliphatic hydroxyl groups is 1. The van der Waals surface area contributed by atoms with E-state index >= 15 is 0 Å². The zero-order valence-corrected chi connectivity index (χ0v) is 10.6. The summed E-state index contributed by atoms with van der Waals surface area (Å²) in [5.74, 6) is 0.188. The minimum Gasteiger partial charge on any atom is -0.393 e. The summed E-state index contributed by atoms with van der Waals surface area (Å²) in [6, 6.07) is 4.72. The van der Waals surface area contributed by atoms with Crippen LogP contribution in [0.5, 0.6) is 0 Å². The van der Waals surface area contributed by atoms with Crippen molar-refractivity contribution >= 4 is 15.9 Å². The zero-order chi connectivity index (χ0) is 11.4. The van der Waals surface area contributed by atoms with E-state index in [9.17, 15) is 9.50 Å². The molecule has 84 valence electrons. The second-order valence-corrected chi connectivity index (χ2v) is 5.18. The van der Waals surface area contributed by atoms with Crippen LogP contribution in [0.4, 0.5) is 4.39 Å². The van der Waals surface area contributed by atoms with Gasteiger partial charge in [-0.3, -0.25) is 0 Å². The van der Waals surface area contributed by atoms with Crippen LogP contribution >= 0.6 is 15.9 Å². The molecule has 1 aromatic rings. The molecule has 0 heterocycles. The van der Waals surface area contributed by atoms with E-state index in [0.29, 0.717) is 16.8 Å². The van der Waals surface area contributed by atoms with Gasteiger partial charge >= 0.3 is 0 Å². The van der Waals surface area contributed by atoms with E-state index in [2.05, 4.69) is 29.8 Å². The van der Waals surface area contributed by atoms with Crippen molar-refractivity contribution in [2.24, 2.45) is 5.92 Å². The Morgan fingerprint density at radius 2 is 2.00 bits per heavy atom. The van der Waals surface area contributed by atoms with E-state index in [1.54, 1.807) is 0 Å². The van der Waals surface area contributed by atoms with Crippen molar-refractivity contribution in [3.05, 3.63) is 34.1 Å². The Balaban J connectivity index is 2.63.